The number of nitrogens with zero attached hydrogens (tertiary/aromatic N) is 1. The van der Waals surface area contributed by atoms with Gasteiger partial charge in [-0.3, -0.25) is 0 Å². The number of amides is 2. The van der Waals surface area contributed by atoms with E-state index in [-0.39, 0.29) is 22.7 Å². The van der Waals surface area contributed by atoms with Gasteiger partial charge in [-0.15, -0.1) is 0 Å². The number of rotatable bonds is 7. The largest absolute Gasteiger partial charge is 0.465 e. The molecule has 0 saturated heterocycles. The highest BCUT2D eigenvalue weighted by molar-refractivity contribution is 7.91. The lowest BCUT2D eigenvalue weighted by molar-refractivity contribution is 0.0600. The molecule has 2 aromatic rings. The Kier molecular flexibility index (Phi) is 8.57. The second-order valence-electron chi connectivity index (χ2n) is 10.5. The molecule has 2 aliphatic carbocycles. The SMILES string of the molecule is CCS(=O)(=O)c1cccc(NC(=O)N(Cc2ccc(C(=O)OC)cc2)C2CCC3(CCCCC3)CC2)c1. The van der Waals surface area contributed by atoms with Gasteiger partial charge in [0, 0.05) is 18.3 Å². The van der Waals surface area contributed by atoms with Crippen molar-refractivity contribution in [1.29, 1.82) is 0 Å². The van der Waals surface area contributed by atoms with E-state index >= 15 is 0 Å². The smallest absolute Gasteiger partial charge is 0.337 e. The van der Waals surface area contributed by atoms with Gasteiger partial charge in [0.05, 0.1) is 23.3 Å². The zero-order valence-corrected chi connectivity index (χ0v) is 22.7. The summed E-state index contributed by atoms with van der Waals surface area (Å²) < 4.78 is 29.5. The molecule has 2 fully saturated rings. The van der Waals surface area contributed by atoms with E-state index in [1.54, 1.807) is 37.3 Å². The summed E-state index contributed by atoms with van der Waals surface area (Å²) in [6.45, 7) is 2.01. The number of urea groups is 1. The van der Waals surface area contributed by atoms with Crippen LogP contribution in [0.2, 0.25) is 0 Å². The van der Waals surface area contributed by atoms with Crippen LogP contribution in [0.1, 0.15) is 80.6 Å². The summed E-state index contributed by atoms with van der Waals surface area (Å²) in [4.78, 5) is 27.5. The lowest BCUT2D eigenvalue weighted by Crippen LogP contribution is -2.46. The first-order valence-electron chi connectivity index (χ1n) is 13.3. The van der Waals surface area contributed by atoms with Crippen molar-refractivity contribution in [2.24, 2.45) is 5.41 Å². The average Bonchev–Trinajstić information content (AvgIpc) is 2.93. The van der Waals surface area contributed by atoms with Crippen LogP contribution < -0.4 is 5.32 Å². The highest BCUT2D eigenvalue weighted by atomic mass is 32.2. The molecule has 200 valence electrons. The summed E-state index contributed by atoms with van der Waals surface area (Å²) in [7, 11) is -2.03. The van der Waals surface area contributed by atoms with Crippen molar-refractivity contribution in [2.45, 2.75) is 82.2 Å². The quantitative estimate of drug-likeness (QED) is 0.434. The number of benzene rings is 2. The van der Waals surface area contributed by atoms with Gasteiger partial charge in [-0.25, -0.2) is 18.0 Å². The first-order valence-corrected chi connectivity index (χ1v) is 15.0. The number of hydrogen-bond donors (Lipinski definition) is 1. The highest BCUT2D eigenvalue weighted by Crippen LogP contribution is 2.48. The molecule has 2 saturated carbocycles. The average molecular weight is 527 g/mol. The van der Waals surface area contributed by atoms with Gasteiger partial charge in [0.25, 0.3) is 0 Å². The Morgan fingerprint density at radius 2 is 1.68 bits per heavy atom. The minimum atomic E-state index is -3.38. The van der Waals surface area contributed by atoms with Gasteiger partial charge < -0.3 is 15.0 Å². The summed E-state index contributed by atoms with van der Waals surface area (Å²) in [5.74, 6) is -0.393. The second kappa shape index (κ2) is 11.7. The lowest BCUT2D eigenvalue weighted by atomic mass is 9.64. The van der Waals surface area contributed by atoms with Crippen LogP contribution in [0.5, 0.6) is 0 Å². The standard InChI is InChI=1S/C29H38N2O5S/c1-3-37(34,35)26-9-7-8-24(20-26)30-28(33)31(21-22-10-12-23(13-11-22)27(32)36-2)25-14-18-29(19-15-25)16-5-4-6-17-29/h7-13,20,25H,3-6,14-19,21H2,1-2H3,(H,30,33). The first kappa shape index (κ1) is 27.2. The fourth-order valence-corrected chi connectivity index (χ4v) is 6.81. The Labute approximate surface area is 220 Å². The van der Waals surface area contributed by atoms with Crippen molar-refractivity contribution in [2.75, 3.05) is 18.2 Å². The summed E-state index contributed by atoms with van der Waals surface area (Å²) in [6.07, 6.45) is 10.7. The molecule has 0 bridgehead atoms. The summed E-state index contributed by atoms with van der Waals surface area (Å²) in [5, 5.41) is 2.95. The van der Waals surface area contributed by atoms with Crippen LogP contribution in [0.25, 0.3) is 0 Å². The van der Waals surface area contributed by atoms with Crippen LogP contribution in [0.15, 0.2) is 53.4 Å². The molecule has 0 unspecified atom stereocenters. The third-order valence-electron chi connectivity index (χ3n) is 8.18. The van der Waals surface area contributed by atoms with Gasteiger partial charge in [-0.05, 0) is 79.8 Å². The highest BCUT2D eigenvalue weighted by Gasteiger charge is 2.38. The topological polar surface area (TPSA) is 92.8 Å². The predicted molar refractivity (Wildman–Crippen MR) is 144 cm³/mol. The molecule has 37 heavy (non-hydrogen) atoms. The monoisotopic (exact) mass is 526 g/mol. The zero-order chi connectivity index (χ0) is 26.5. The second-order valence-corrected chi connectivity index (χ2v) is 12.7. The van der Waals surface area contributed by atoms with E-state index in [9.17, 15) is 18.0 Å². The predicted octanol–water partition coefficient (Wildman–Crippen LogP) is 6.19. The number of esters is 1. The molecule has 1 spiro atoms. The Morgan fingerprint density at radius 3 is 2.30 bits per heavy atom. The number of carbonyl (C=O) groups is 2. The third kappa shape index (κ3) is 6.53. The van der Waals surface area contributed by atoms with E-state index in [2.05, 4.69) is 5.32 Å². The number of hydrogen-bond acceptors (Lipinski definition) is 5. The molecule has 0 aromatic heterocycles. The third-order valence-corrected chi connectivity index (χ3v) is 9.92. The van der Waals surface area contributed by atoms with Crippen LogP contribution in [0.4, 0.5) is 10.5 Å². The molecule has 4 rings (SSSR count). The van der Waals surface area contributed by atoms with Gasteiger partial charge in [0.2, 0.25) is 0 Å². The van der Waals surface area contributed by atoms with E-state index in [1.165, 1.54) is 45.3 Å². The molecule has 2 aliphatic rings. The van der Waals surface area contributed by atoms with Crippen LogP contribution in [0, 0.1) is 5.41 Å². The number of nitrogens with one attached hydrogen (secondary N) is 1. The van der Waals surface area contributed by atoms with Crippen LogP contribution >= 0.6 is 0 Å². The van der Waals surface area contributed by atoms with E-state index in [0.29, 0.717) is 23.2 Å². The molecule has 8 heteroatoms. The molecule has 2 aromatic carbocycles. The number of sulfone groups is 1. The normalized spacial score (nSPS) is 17.8. The van der Waals surface area contributed by atoms with Crippen molar-refractivity contribution in [1.82, 2.24) is 4.90 Å². The Balaban J connectivity index is 1.54. The van der Waals surface area contributed by atoms with E-state index < -0.39 is 15.8 Å². The molecular weight excluding hydrogens is 488 g/mol. The molecular formula is C29H38N2O5S. The van der Waals surface area contributed by atoms with Crippen molar-refractivity contribution >= 4 is 27.5 Å². The minimum Gasteiger partial charge on any atom is -0.465 e. The van der Waals surface area contributed by atoms with E-state index in [0.717, 1.165) is 31.2 Å². The zero-order valence-electron chi connectivity index (χ0n) is 21.9. The van der Waals surface area contributed by atoms with Gasteiger partial charge in [0.1, 0.15) is 0 Å². The molecule has 7 nitrogen and oxygen atoms in total. The summed E-state index contributed by atoms with van der Waals surface area (Å²) in [6, 6.07) is 13.4. The Bertz CT molecular complexity index is 1190. The maximum absolute atomic E-state index is 13.6. The van der Waals surface area contributed by atoms with Crippen LogP contribution in [0.3, 0.4) is 0 Å². The Morgan fingerprint density at radius 1 is 1.00 bits per heavy atom. The molecule has 0 aliphatic heterocycles. The summed E-state index contributed by atoms with van der Waals surface area (Å²) in [5.41, 5.74) is 2.28. The fraction of sp³-hybridized carbons (Fsp3) is 0.517. The van der Waals surface area contributed by atoms with E-state index in [4.69, 9.17) is 4.74 Å². The van der Waals surface area contributed by atoms with Crippen molar-refractivity contribution in [3.05, 3.63) is 59.7 Å². The first-order chi connectivity index (χ1) is 17.7. The van der Waals surface area contributed by atoms with Crippen molar-refractivity contribution in [3.63, 3.8) is 0 Å². The van der Waals surface area contributed by atoms with Crippen molar-refractivity contribution in [3.8, 4) is 0 Å². The van der Waals surface area contributed by atoms with Crippen LogP contribution in [-0.4, -0.2) is 44.2 Å². The molecule has 0 heterocycles. The maximum Gasteiger partial charge on any atom is 0.337 e. The minimum absolute atomic E-state index is 0.00190. The molecule has 0 radical (unpaired) electrons. The maximum atomic E-state index is 13.6. The Hall–Kier alpha value is -2.87. The fourth-order valence-electron chi connectivity index (χ4n) is 5.89. The number of carbonyl (C=O) groups excluding carboxylic acids is 2. The number of ether oxygens (including phenoxy) is 1. The van der Waals surface area contributed by atoms with Crippen molar-refractivity contribution < 1.29 is 22.7 Å². The van der Waals surface area contributed by atoms with Crippen LogP contribution in [-0.2, 0) is 21.1 Å². The van der Waals surface area contributed by atoms with Gasteiger partial charge >= 0.3 is 12.0 Å². The van der Waals surface area contributed by atoms with E-state index in [1.807, 2.05) is 17.0 Å². The molecule has 0 atom stereocenters. The van der Waals surface area contributed by atoms with Gasteiger partial charge in [-0.1, -0.05) is 44.4 Å². The summed E-state index contributed by atoms with van der Waals surface area (Å²) >= 11 is 0. The molecule has 1 N–H and O–H groups in total. The van der Waals surface area contributed by atoms with Gasteiger partial charge in [-0.2, -0.15) is 0 Å². The number of anilines is 1. The lowest BCUT2D eigenvalue weighted by Gasteiger charge is -2.45. The molecule has 2 amide bonds. The number of methoxy groups -OCH3 is 1. The van der Waals surface area contributed by atoms with Gasteiger partial charge in [0.15, 0.2) is 9.84 Å².